The Morgan fingerprint density at radius 3 is 2.20 bits per heavy atom. The highest BCUT2D eigenvalue weighted by atomic mass is 127. The number of halogens is 1. The molecular formula is C11H13IO3. The van der Waals surface area contributed by atoms with E-state index >= 15 is 0 Å². The molecule has 0 amide bonds. The molecule has 0 aromatic heterocycles. The molecule has 0 radical (unpaired) electrons. The van der Waals surface area contributed by atoms with E-state index in [0.717, 1.165) is 16.8 Å². The first kappa shape index (κ1) is 12.4. The van der Waals surface area contributed by atoms with E-state index in [1.807, 2.05) is 28.7 Å². The van der Waals surface area contributed by atoms with Crippen LogP contribution in [-0.2, 0) is 4.74 Å². The maximum absolute atomic E-state index is 10.4. The van der Waals surface area contributed by atoms with E-state index in [-0.39, 0.29) is 0 Å². The number of carboxylic acid groups (broad SMARTS) is 1. The van der Waals surface area contributed by atoms with Crippen LogP contribution in [0.3, 0.4) is 0 Å². The maximum atomic E-state index is 10.4. The Labute approximate surface area is 103 Å². The van der Waals surface area contributed by atoms with Crippen LogP contribution in [0.1, 0.15) is 23.2 Å². The Balaban J connectivity index is 0.000000187. The van der Waals surface area contributed by atoms with E-state index in [1.54, 1.807) is 18.2 Å². The number of rotatable bonds is 1. The minimum atomic E-state index is -0.870. The van der Waals surface area contributed by atoms with Crippen LogP contribution in [0.4, 0.5) is 0 Å². The molecule has 1 saturated heterocycles. The zero-order valence-electron chi connectivity index (χ0n) is 8.28. The van der Waals surface area contributed by atoms with Gasteiger partial charge in [-0.1, -0.05) is 12.1 Å². The highest BCUT2D eigenvalue weighted by Gasteiger charge is 2.04. The van der Waals surface area contributed by atoms with Gasteiger partial charge in [0.1, 0.15) is 0 Å². The van der Waals surface area contributed by atoms with Gasteiger partial charge in [0.25, 0.3) is 0 Å². The number of carboxylic acids is 1. The quantitative estimate of drug-likeness (QED) is 0.810. The van der Waals surface area contributed by atoms with Crippen LogP contribution in [-0.4, -0.2) is 24.3 Å². The number of hydrogen-bond donors (Lipinski definition) is 1. The first-order chi connectivity index (χ1) is 7.22. The molecule has 0 spiro atoms. The van der Waals surface area contributed by atoms with E-state index in [9.17, 15) is 4.79 Å². The summed E-state index contributed by atoms with van der Waals surface area (Å²) in [5.74, 6) is -0.870. The van der Waals surface area contributed by atoms with Crippen molar-refractivity contribution in [2.45, 2.75) is 12.8 Å². The molecule has 0 saturated carbocycles. The van der Waals surface area contributed by atoms with Gasteiger partial charge in [-0.3, -0.25) is 0 Å². The van der Waals surface area contributed by atoms with Crippen molar-refractivity contribution in [3.05, 3.63) is 33.4 Å². The van der Waals surface area contributed by atoms with Crippen molar-refractivity contribution < 1.29 is 14.6 Å². The molecule has 1 heterocycles. The van der Waals surface area contributed by atoms with Crippen LogP contribution in [0, 0.1) is 3.57 Å². The second-order valence-corrected chi connectivity index (χ2v) is 4.27. The van der Waals surface area contributed by atoms with Gasteiger partial charge in [0, 0.05) is 16.8 Å². The van der Waals surface area contributed by atoms with Gasteiger partial charge in [0.05, 0.1) is 5.56 Å². The Bertz CT molecular complexity index is 314. The van der Waals surface area contributed by atoms with Gasteiger partial charge in [-0.15, -0.1) is 0 Å². The molecule has 4 heteroatoms. The molecule has 1 fully saturated rings. The molecule has 0 bridgehead atoms. The van der Waals surface area contributed by atoms with Gasteiger partial charge in [-0.2, -0.15) is 0 Å². The molecule has 0 unspecified atom stereocenters. The molecule has 1 N–H and O–H groups in total. The fourth-order valence-corrected chi connectivity index (χ4v) is 1.76. The Hall–Kier alpha value is -0.620. The van der Waals surface area contributed by atoms with Crippen LogP contribution in [0.15, 0.2) is 24.3 Å². The van der Waals surface area contributed by atoms with Crippen molar-refractivity contribution in [2.75, 3.05) is 13.2 Å². The third kappa shape index (κ3) is 4.61. The number of ether oxygens (including phenoxy) is 1. The summed E-state index contributed by atoms with van der Waals surface area (Å²) in [6.07, 6.45) is 2.56. The SMILES string of the molecule is C1CCOC1.O=C(O)c1ccccc1I. The van der Waals surface area contributed by atoms with E-state index in [0.29, 0.717) is 5.56 Å². The van der Waals surface area contributed by atoms with Crippen molar-refractivity contribution in [1.82, 2.24) is 0 Å². The van der Waals surface area contributed by atoms with Gasteiger partial charge < -0.3 is 9.84 Å². The lowest BCUT2D eigenvalue weighted by molar-refractivity contribution is 0.0695. The molecule has 82 valence electrons. The Kier molecular flexibility index (Phi) is 5.63. The number of aromatic carboxylic acids is 1. The summed E-state index contributed by atoms with van der Waals surface area (Å²) in [5, 5.41) is 8.56. The van der Waals surface area contributed by atoms with Crippen LogP contribution in [0.25, 0.3) is 0 Å². The summed E-state index contributed by atoms with van der Waals surface area (Å²) >= 11 is 1.99. The third-order valence-electron chi connectivity index (χ3n) is 1.93. The number of benzene rings is 1. The van der Waals surface area contributed by atoms with Crippen LogP contribution >= 0.6 is 22.6 Å². The first-order valence-corrected chi connectivity index (χ1v) is 5.85. The normalized spacial score (nSPS) is 14.2. The Morgan fingerprint density at radius 1 is 1.27 bits per heavy atom. The van der Waals surface area contributed by atoms with Gasteiger partial charge in [0.2, 0.25) is 0 Å². The fourth-order valence-electron chi connectivity index (χ4n) is 1.14. The summed E-state index contributed by atoms with van der Waals surface area (Å²) < 4.78 is 5.72. The van der Waals surface area contributed by atoms with Crippen LogP contribution in [0.5, 0.6) is 0 Å². The smallest absolute Gasteiger partial charge is 0.336 e. The van der Waals surface area contributed by atoms with E-state index in [1.165, 1.54) is 12.8 Å². The summed E-state index contributed by atoms with van der Waals surface area (Å²) in [7, 11) is 0. The second-order valence-electron chi connectivity index (χ2n) is 3.10. The summed E-state index contributed by atoms with van der Waals surface area (Å²) in [5.41, 5.74) is 0.364. The molecule has 2 rings (SSSR count). The van der Waals surface area contributed by atoms with Crippen molar-refractivity contribution in [2.24, 2.45) is 0 Å². The lowest BCUT2D eigenvalue weighted by atomic mass is 10.2. The Morgan fingerprint density at radius 2 is 1.87 bits per heavy atom. The fraction of sp³-hybridized carbons (Fsp3) is 0.364. The van der Waals surface area contributed by atoms with Gasteiger partial charge >= 0.3 is 5.97 Å². The average molecular weight is 320 g/mol. The number of hydrogen-bond acceptors (Lipinski definition) is 2. The zero-order chi connectivity index (χ0) is 11.1. The topological polar surface area (TPSA) is 46.5 Å². The predicted molar refractivity (Wildman–Crippen MR) is 66.2 cm³/mol. The number of carbonyl (C=O) groups is 1. The summed E-state index contributed by atoms with van der Waals surface area (Å²) in [4.78, 5) is 10.4. The van der Waals surface area contributed by atoms with E-state index < -0.39 is 5.97 Å². The van der Waals surface area contributed by atoms with Crippen LogP contribution < -0.4 is 0 Å². The van der Waals surface area contributed by atoms with Crippen molar-refractivity contribution in [3.63, 3.8) is 0 Å². The molecule has 1 aromatic carbocycles. The second kappa shape index (κ2) is 6.79. The van der Waals surface area contributed by atoms with Gasteiger partial charge in [-0.05, 0) is 47.6 Å². The average Bonchev–Trinajstić information content (AvgIpc) is 2.75. The van der Waals surface area contributed by atoms with E-state index in [2.05, 4.69) is 0 Å². The van der Waals surface area contributed by atoms with Crippen LogP contribution in [0.2, 0.25) is 0 Å². The highest BCUT2D eigenvalue weighted by molar-refractivity contribution is 14.1. The standard InChI is InChI=1S/C7H5IO2.C4H8O/c8-6-4-2-1-3-5(6)7(9)10;1-2-4-5-3-1/h1-4H,(H,9,10);1-4H2. The maximum Gasteiger partial charge on any atom is 0.336 e. The largest absolute Gasteiger partial charge is 0.478 e. The third-order valence-corrected chi connectivity index (χ3v) is 2.87. The van der Waals surface area contributed by atoms with Crippen molar-refractivity contribution in [1.29, 1.82) is 0 Å². The highest BCUT2D eigenvalue weighted by Crippen LogP contribution is 2.10. The zero-order valence-corrected chi connectivity index (χ0v) is 10.4. The van der Waals surface area contributed by atoms with Crippen molar-refractivity contribution >= 4 is 28.6 Å². The molecule has 1 aromatic rings. The lowest BCUT2D eigenvalue weighted by Gasteiger charge is -1.94. The monoisotopic (exact) mass is 320 g/mol. The van der Waals surface area contributed by atoms with Crippen molar-refractivity contribution in [3.8, 4) is 0 Å². The first-order valence-electron chi connectivity index (χ1n) is 4.77. The van der Waals surface area contributed by atoms with Gasteiger partial charge in [-0.25, -0.2) is 4.79 Å². The molecule has 0 aliphatic carbocycles. The molecule has 1 aliphatic rings. The lowest BCUT2D eigenvalue weighted by Crippen LogP contribution is -1.97. The van der Waals surface area contributed by atoms with Gasteiger partial charge in [0.15, 0.2) is 0 Å². The minimum absolute atomic E-state index is 0.364. The summed E-state index contributed by atoms with van der Waals surface area (Å²) in [6, 6.07) is 6.88. The van der Waals surface area contributed by atoms with E-state index in [4.69, 9.17) is 9.84 Å². The molecule has 1 aliphatic heterocycles. The predicted octanol–water partition coefficient (Wildman–Crippen LogP) is 2.79. The summed E-state index contributed by atoms with van der Waals surface area (Å²) in [6.45, 7) is 2.00. The molecule has 15 heavy (non-hydrogen) atoms. The molecular weight excluding hydrogens is 307 g/mol. The molecule has 3 nitrogen and oxygen atoms in total. The molecule has 0 atom stereocenters. The minimum Gasteiger partial charge on any atom is -0.478 e.